The molecule has 0 aromatic heterocycles. The lowest BCUT2D eigenvalue weighted by Gasteiger charge is -2.17. The highest BCUT2D eigenvalue weighted by Gasteiger charge is 2.38. The minimum Gasteiger partial charge on any atom is -0.324 e. The lowest BCUT2D eigenvalue weighted by molar-refractivity contribution is -0.167. The van der Waals surface area contributed by atoms with Gasteiger partial charge in [-0.1, -0.05) is 0 Å². The van der Waals surface area contributed by atoms with Crippen molar-refractivity contribution >= 4 is 35.0 Å². The summed E-state index contributed by atoms with van der Waals surface area (Å²) in [6, 6.07) is 4.20. The molecule has 2 rings (SSSR count). The van der Waals surface area contributed by atoms with Crippen LogP contribution in [0, 0.1) is 0 Å². The SMILES string of the molecule is O=C1CSc2ccc(NC(=O)C(F)(F)F)cc2N1. The zero-order chi connectivity index (χ0) is 13.3. The standard InChI is InChI=1S/C10H7F3N2O2S/c11-10(12,13)9(17)14-5-1-2-7-6(3-5)15-8(16)4-18-7/h1-3H,4H2,(H,14,17)(H,15,16). The van der Waals surface area contributed by atoms with Gasteiger partial charge in [0.25, 0.3) is 0 Å². The largest absolute Gasteiger partial charge is 0.471 e. The Kier molecular flexibility index (Phi) is 3.20. The van der Waals surface area contributed by atoms with Crippen molar-refractivity contribution < 1.29 is 22.8 Å². The fraction of sp³-hybridized carbons (Fsp3) is 0.200. The molecule has 0 bridgehead atoms. The van der Waals surface area contributed by atoms with Crippen molar-refractivity contribution in [2.75, 3.05) is 16.4 Å². The number of carbonyl (C=O) groups excluding carboxylic acids is 2. The number of rotatable bonds is 1. The van der Waals surface area contributed by atoms with Crippen molar-refractivity contribution in [3.63, 3.8) is 0 Å². The van der Waals surface area contributed by atoms with Crippen molar-refractivity contribution in [3.05, 3.63) is 18.2 Å². The van der Waals surface area contributed by atoms with E-state index in [0.717, 1.165) is 4.90 Å². The molecular weight excluding hydrogens is 269 g/mol. The fourth-order valence-electron chi connectivity index (χ4n) is 1.36. The number of thioether (sulfide) groups is 1. The molecule has 1 aliphatic rings. The number of anilines is 2. The van der Waals surface area contributed by atoms with Crippen LogP contribution >= 0.6 is 11.8 Å². The smallest absolute Gasteiger partial charge is 0.324 e. The van der Waals surface area contributed by atoms with Gasteiger partial charge < -0.3 is 10.6 Å². The summed E-state index contributed by atoms with van der Waals surface area (Å²) in [7, 11) is 0. The number of hydrogen-bond donors (Lipinski definition) is 2. The summed E-state index contributed by atoms with van der Waals surface area (Å²) in [6.07, 6.45) is -4.94. The molecule has 4 nitrogen and oxygen atoms in total. The van der Waals surface area contributed by atoms with Gasteiger partial charge in [0.1, 0.15) is 0 Å². The Balaban J connectivity index is 2.19. The number of nitrogens with one attached hydrogen (secondary N) is 2. The molecule has 0 saturated heterocycles. The van der Waals surface area contributed by atoms with Gasteiger partial charge in [-0.2, -0.15) is 13.2 Å². The number of fused-ring (bicyclic) bond motifs is 1. The summed E-state index contributed by atoms with van der Waals surface area (Å²) >= 11 is 1.28. The Morgan fingerprint density at radius 3 is 2.78 bits per heavy atom. The van der Waals surface area contributed by atoms with Gasteiger partial charge in [-0.15, -0.1) is 11.8 Å². The molecule has 0 atom stereocenters. The predicted octanol–water partition coefficient (Wildman–Crippen LogP) is 2.23. The Morgan fingerprint density at radius 1 is 1.39 bits per heavy atom. The predicted molar refractivity (Wildman–Crippen MR) is 60.5 cm³/mol. The van der Waals surface area contributed by atoms with Gasteiger partial charge >= 0.3 is 12.1 Å². The molecule has 1 heterocycles. The quantitative estimate of drug-likeness (QED) is 0.827. The van der Waals surface area contributed by atoms with Crippen molar-refractivity contribution in [1.29, 1.82) is 0 Å². The van der Waals surface area contributed by atoms with Crippen LogP contribution in [-0.2, 0) is 9.59 Å². The van der Waals surface area contributed by atoms with Crippen LogP contribution in [0.15, 0.2) is 23.1 Å². The minimum atomic E-state index is -4.94. The van der Waals surface area contributed by atoms with Gasteiger partial charge in [0.05, 0.1) is 11.4 Å². The first-order chi connectivity index (χ1) is 8.36. The molecule has 1 aromatic carbocycles. The van der Waals surface area contributed by atoms with Crippen LogP contribution < -0.4 is 10.6 Å². The van der Waals surface area contributed by atoms with E-state index in [1.807, 2.05) is 0 Å². The third kappa shape index (κ3) is 2.76. The molecule has 0 unspecified atom stereocenters. The third-order valence-electron chi connectivity index (χ3n) is 2.13. The maximum Gasteiger partial charge on any atom is 0.471 e. The second kappa shape index (κ2) is 4.52. The van der Waals surface area contributed by atoms with E-state index in [9.17, 15) is 22.8 Å². The summed E-state index contributed by atoms with van der Waals surface area (Å²) in [6.45, 7) is 0. The molecule has 8 heteroatoms. The molecule has 2 amide bonds. The molecule has 1 aromatic rings. The zero-order valence-electron chi connectivity index (χ0n) is 8.80. The van der Waals surface area contributed by atoms with Gasteiger partial charge in [-0.25, -0.2) is 0 Å². The van der Waals surface area contributed by atoms with Crippen LogP contribution in [0.3, 0.4) is 0 Å². The molecule has 18 heavy (non-hydrogen) atoms. The topological polar surface area (TPSA) is 58.2 Å². The second-order valence-electron chi connectivity index (χ2n) is 3.50. The summed E-state index contributed by atoms with van der Waals surface area (Å²) in [4.78, 5) is 22.6. The van der Waals surface area contributed by atoms with Crippen LogP contribution in [0.1, 0.15) is 0 Å². The number of benzene rings is 1. The molecule has 96 valence electrons. The maximum absolute atomic E-state index is 12.1. The Bertz CT molecular complexity index is 516. The maximum atomic E-state index is 12.1. The van der Waals surface area contributed by atoms with Crippen molar-refractivity contribution in [2.24, 2.45) is 0 Å². The lowest BCUT2D eigenvalue weighted by Crippen LogP contribution is -2.30. The van der Waals surface area contributed by atoms with Gasteiger partial charge in [0.2, 0.25) is 5.91 Å². The van der Waals surface area contributed by atoms with Gasteiger partial charge in [0.15, 0.2) is 0 Å². The first-order valence-corrected chi connectivity index (χ1v) is 5.80. The lowest BCUT2D eigenvalue weighted by atomic mass is 10.2. The Labute approximate surface area is 104 Å². The third-order valence-corrected chi connectivity index (χ3v) is 3.20. The normalized spacial score (nSPS) is 14.7. The first-order valence-electron chi connectivity index (χ1n) is 4.81. The van der Waals surface area contributed by atoms with E-state index >= 15 is 0 Å². The number of hydrogen-bond acceptors (Lipinski definition) is 3. The van der Waals surface area contributed by atoms with Crippen molar-refractivity contribution in [1.82, 2.24) is 0 Å². The number of amides is 2. The van der Waals surface area contributed by atoms with E-state index in [0.29, 0.717) is 5.69 Å². The molecule has 0 aliphatic carbocycles. The molecule has 0 spiro atoms. The molecule has 1 aliphatic heterocycles. The van der Waals surface area contributed by atoms with Crippen LogP contribution in [0.25, 0.3) is 0 Å². The van der Waals surface area contributed by atoms with Gasteiger partial charge in [-0.3, -0.25) is 9.59 Å². The number of alkyl halides is 3. The molecule has 0 fully saturated rings. The van der Waals surface area contributed by atoms with E-state index < -0.39 is 12.1 Å². The van der Waals surface area contributed by atoms with E-state index in [1.165, 1.54) is 23.9 Å². The molecule has 2 N–H and O–H groups in total. The Morgan fingerprint density at radius 2 is 2.11 bits per heavy atom. The Hall–Kier alpha value is -1.70. The summed E-state index contributed by atoms with van der Waals surface area (Å²) in [5.41, 5.74) is 0.384. The summed E-state index contributed by atoms with van der Waals surface area (Å²) in [5, 5.41) is 4.24. The van der Waals surface area contributed by atoms with E-state index in [2.05, 4.69) is 5.32 Å². The number of halogens is 3. The first kappa shape index (κ1) is 12.7. The number of carbonyl (C=O) groups is 2. The van der Waals surface area contributed by atoms with Crippen LogP contribution in [0.2, 0.25) is 0 Å². The zero-order valence-corrected chi connectivity index (χ0v) is 9.61. The van der Waals surface area contributed by atoms with E-state index in [1.54, 1.807) is 11.4 Å². The average Bonchev–Trinajstić information content (AvgIpc) is 2.27. The van der Waals surface area contributed by atoms with E-state index in [4.69, 9.17) is 0 Å². The van der Waals surface area contributed by atoms with Crippen LogP contribution in [-0.4, -0.2) is 23.7 Å². The molecule has 0 saturated carbocycles. The fourth-order valence-corrected chi connectivity index (χ4v) is 2.15. The average molecular weight is 276 g/mol. The van der Waals surface area contributed by atoms with Crippen LogP contribution in [0.5, 0.6) is 0 Å². The van der Waals surface area contributed by atoms with Crippen molar-refractivity contribution in [3.8, 4) is 0 Å². The summed E-state index contributed by atoms with van der Waals surface area (Å²) in [5.74, 6) is -2.01. The monoisotopic (exact) mass is 276 g/mol. The highest BCUT2D eigenvalue weighted by Crippen LogP contribution is 2.33. The van der Waals surface area contributed by atoms with Crippen molar-refractivity contribution in [2.45, 2.75) is 11.1 Å². The molecular formula is C10H7F3N2O2S. The second-order valence-corrected chi connectivity index (χ2v) is 4.52. The highest BCUT2D eigenvalue weighted by atomic mass is 32.2. The molecule has 0 radical (unpaired) electrons. The van der Waals surface area contributed by atoms with Gasteiger partial charge in [0, 0.05) is 10.6 Å². The highest BCUT2D eigenvalue weighted by molar-refractivity contribution is 8.00. The van der Waals surface area contributed by atoms with Crippen LogP contribution in [0.4, 0.5) is 24.5 Å². The minimum absolute atomic E-state index is 0.0149. The van der Waals surface area contributed by atoms with E-state index in [-0.39, 0.29) is 17.3 Å². The van der Waals surface area contributed by atoms with Gasteiger partial charge in [-0.05, 0) is 18.2 Å². The summed E-state index contributed by atoms with van der Waals surface area (Å²) < 4.78 is 36.2.